The van der Waals surface area contributed by atoms with Crippen molar-refractivity contribution in [3.8, 4) is 0 Å². The first kappa shape index (κ1) is 22.6. The van der Waals surface area contributed by atoms with Crippen LogP contribution >= 0.6 is 0 Å². The van der Waals surface area contributed by atoms with E-state index in [1.807, 2.05) is 6.92 Å². The fourth-order valence-electron chi connectivity index (χ4n) is 3.35. The van der Waals surface area contributed by atoms with Crippen LogP contribution in [-0.4, -0.2) is 64.4 Å². The predicted octanol–water partition coefficient (Wildman–Crippen LogP) is 1.02. The molecule has 166 valence electrons. The highest BCUT2D eigenvalue weighted by Gasteiger charge is 2.32. The third kappa shape index (κ3) is 4.64. The molecule has 0 spiro atoms. The Morgan fingerprint density at radius 1 is 1.16 bits per heavy atom. The lowest BCUT2D eigenvalue weighted by atomic mass is 10.2. The average Bonchev–Trinajstić information content (AvgIpc) is 2.75. The van der Waals surface area contributed by atoms with Crippen molar-refractivity contribution in [3.05, 3.63) is 62.1 Å². The van der Waals surface area contributed by atoms with Gasteiger partial charge in [0.15, 0.2) is 0 Å². The lowest BCUT2D eigenvalue weighted by molar-refractivity contribution is -0.385. The number of rotatable bonds is 6. The molecule has 0 atom stereocenters. The van der Waals surface area contributed by atoms with E-state index in [0.717, 1.165) is 6.07 Å². The Morgan fingerprint density at radius 2 is 1.84 bits per heavy atom. The van der Waals surface area contributed by atoms with Crippen LogP contribution in [-0.2, 0) is 16.6 Å². The highest BCUT2D eigenvalue weighted by atomic mass is 32.2. The van der Waals surface area contributed by atoms with E-state index >= 15 is 0 Å². The van der Waals surface area contributed by atoms with E-state index in [0.29, 0.717) is 18.5 Å². The van der Waals surface area contributed by atoms with Crippen molar-refractivity contribution in [2.24, 2.45) is 0 Å². The number of amides is 1. The number of carbonyl (C=O) groups is 1. The number of benzene rings is 1. The van der Waals surface area contributed by atoms with Crippen LogP contribution in [0.25, 0.3) is 0 Å². The van der Waals surface area contributed by atoms with Crippen LogP contribution in [0.2, 0.25) is 0 Å². The van der Waals surface area contributed by atoms with Crippen molar-refractivity contribution in [3.63, 3.8) is 0 Å². The number of aryl methyl sites for hydroxylation is 2. The van der Waals surface area contributed by atoms with Crippen molar-refractivity contribution in [1.82, 2.24) is 19.0 Å². The molecular formula is C19H23N5O6S. The second-order valence-corrected chi connectivity index (χ2v) is 9.09. The molecule has 1 aliphatic rings. The molecule has 3 rings (SSSR count). The van der Waals surface area contributed by atoms with Gasteiger partial charge in [-0.15, -0.1) is 0 Å². The molecule has 0 N–H and O–H groups in total. The zero-order valence-electron chi connectivity index (χ0n) is 17.2. The molecule has 1 amide bonds. The Labute approximate surface area is 179 Å². The van der Waals surface area contributed by atoms with Crippen LogP contribution in [0.4, 0.5) is 5.69 Å². The number of aromatic nitrogens is 2. The maximum absolute atomic E-state index is 13.0. The summed E-state index contributed by atoms with van der Waals surface area (Å²) >= 11 is 0. The molecule has 1 aliphatic heterocycles. The van der Waals surface area contributed by atoms with Crippen LogP contribution in [0.5, 0.6) is 0 Å². The van der Waals surface area contributed by atoms with Gasteiger partial charge >= 0.3 is 0 Å². The SMILES string of the molecule is CCCn1nc(C(=O)N2CCN(S(=O)(=O)c3cc([N+](=O)[O-])ccc3C)CC2)ccc1=O. The van der Waals surface area contributed by atoms with Crippen molar-refractivity contribution < 1.29 is 18.1 Å². The molecule has 2 aromatic rings. The summed E-state index contributed by atoms with van der Waals surface area (Å²) in [7, 11) is -3.95. The number of nitro groups is 1. The summed E-state index contributed by atoms with van der Waals surface area (Å²) in [5.74, 6) is -0.381. The van der Waals surface area contributed by atoms with Gasteiger partial charge in [0.2, 0.25) is 10.0 Å². The molecule has 11 nitrogen and oxygen atoms in total. The minimum absolute atomic E-state index is 0.0464. The summed E-state index contributed by atoms with van der Waals surface area (Å²) < 4.78 is 28.5. The minimum Gasteiger partial charge on any atom is -0.335 e. The van der Waals surface area contributed by atoms with Gasteiger partial charge in [-0.2, -0.15) is 9.40 Å². The Bertz CT molecular complexity index is 1170. The number of hydrogen-bond acceptors (Lipinski definition) is 7. The molecule has 0 saturated carbocycles. The van der Waals surface area contributed by atoms with E-state index in [1.165, 1.54) is 38.2 Å². The summed E-state index contributed by atoms with van der Waals surface area (Å²) in [5, 5.41) is 15.1. The normalized spacial score (nSPS) is 15.1. The smallest absolute Gasteiger partial charge is 0.274 e. The molecule has 1 aromatic carbocycles. The standard InChI is InChI=1S/C19H23N5O6S/c1-3-8-23-18(25)7-6-16(20-23)19(26)21-9-11-22(12-10-21)31(29,30)17-13-15(24(27)28)5-4-14(17)2/h4-7,13H,3,8-12H2,1-2H3. The Kier molecular flexibility index (Phi) is 6.51. The number of nitrogens with zero attached hydrogens (tertiary/aromatic N) is 5. The molecule has 1 aromatic heterocycles. The highest BCUT2D eigenvalue weighted by Crippen LogP contribution is 2.25. The number of non-ortho nitro benzene ring substituents is 1. The zero-order chi connectivity index (χ0) is 22.8. The lowest BCUT2D eigenvalue weighted by Gasteiger charge is -2.34. The molecule has 0 bridgehead atoms. The van der Waals surface area contributed by atoms with Crippen LogP contribution in [0.1, 0.15) is 29.4 Å². The third-order valence-corrected chi connectivity index (χ3v) is 7.09. The Hall–Kier alpha value is -3.12. The minimum atomic E-state index is -3.95. The second-order valence-electron chi connectivity index (χ2n) is 7.18. The van der Waals surface area contributed by atoms with E-state index < -0.39 is 14.9 Å². The largest absolute Gasteiger partial charge is 0.335 e. The van der Waals surface area contributed by atoms with Gasteiger partial charge in [0.25, 0.3) is 17.2 Å². The van der Waals surface area contributed by atoms with E-state index in [-0.39, 0.29) is 53.9 Å². The zero-order valence-corrected chi connectivity index (χ0v) is 18.0. The van der Waals surface area contributed by atoms with E-state index in [1.54, 1.807) is 6.92 Å². The number of sulfonamides is 1. The molecule has 31 heavy (non-hydrogen) atoms. The Balaban J connectivity index is 1.75. The van der Waals surface area contributed by atoms with E-state index in [4.69, 9.17) is 0 Å². The van der Waals surface area contributed by atoms with Crippen molar-refractivity contribution in [2.45, 2.75) is 31.7 Å². The molecule has 0 radical (unpaired) electrons. The first-order valence-electron chi connectivity index (χ1n) is 9.77. The summed E-state index contributed by atoms with van der Waals surface area (Å²) in [4.78, 5) is 36.3. The fraction of sp³-hybridized carbons (Fsp3) is 0.421. The highest BCUT2D eigenvalue weighted by molar-refractivity contribution is 7.89. The molecule has 1 fully saturated rings. The first-order valence-corrected chi connectivity index (χ1v) is 11.2. The van der Waals surface area contributed by atoms with Gasteiger partial charge in [0.05, 0.1) is 9.82 Å². The van der Waals surface area contributed by atoms with Gasteiger partial charge < -0.3 is 4.90 Å². The molecule has 12 heteroatoms. The summed E-state index contributed by atoms with van der Waals surface area (Å²) in [6.07, 6.45) is 0.693. The molecule has 0 aliphatic carbocycles. The van der Waals surface area contributed by atoms with Gasteiger partial charge in [0, 0.05) is 50.9 Å². The van der Waals surface area contributed by atoms with Gasteiger partial charge in [-0.3, -0.25) is 19.7 Å². The van der Waals surface area contributed by atoms with Gasteiger partial charge in [-0.05, 0) is 25.0 Å². The predicted molar refractivity (Wildman–Crippen MR) is 111 cm³/mol. The third-order valence-electron chi connectivity index (χ3n) is 5.05. The number of piperazine rings is 1. The summed E-state index contributed by atoms with van der Waals surface area (Å²) in [5.41, 5.74) is -0.0572. The second kappa shape index (κ2) is 8.94. The molecule has 0 unspecified atom stereocenters. The molecule has 1 saturated heterocycles. The van der Waals surface area contributed by atoms with Crippen LogP contribution < -0.4 is 5.56 Å². The topological polar surface area (TPSA) is 136 Å². The van der Waals surface area contributed by atoms with Gasteiger partial charge in [0.1, 0.15) is 5.69 Å². The molecule has 2 heterocycles. The number of nitro benzene ring substituents is 1. The fourth-order valence-corrected chi connectivity index (χ4v) is 5.01. The number of hydrogen-bond donors (Lipinski definition) is 0. The van der Waals surface area contributed by atoms with Gasteiger partial charge in [-0.1, -0.05) is 13.0 Å². The van der Waals surface area contributed by atoms with Crippen LogP contribution in [0.15, 0.2) is 40.0 Å². The Morgan fingerprint density at radius 3 is 2.45 bits per heavy atom. The summed E-state index contributed by atoms with van der Waals surface area (Å²) in [6.45, 7) is 4.24. The lowest BCUT2D eigenvalue weighted by Crippen LogP contribution is -2.50. The first-order chi connectivity index (χ1) is 14.6. The van der Waals surface area contributed by atoms with Crippen molar-refractivity contribution >= 4 is 21.6 Å². The van der Waals surface area contributed by atoms with E-state index in [9.17, 15) is 28.1 Å². The maximum atomic E-state index is 13.0. The average molecular weight is 449 g/mol. The van der Waals surface area contributed by atoms with Crippen molar-refractivity contribution in [1.29, 1.82) is 0 Å². The van der Waals surface area contributed by atoms with Crippen LogP contribution in [0.3, 0.4) is 0 Å². The van der Waals surface area contributed by atoms with E-state index in [2.05, 4.69) is 5.10 Å². The van der Waals surface area contributed by atoms with Crippen LogP contribution in [0, 0.1) is 17.0 Å². The summed E-state index contributed by atoms with van der Waals surface area (Å²) in [6, 6.07) is 6.38. The van der Waals surface area contributed by atoms with Gasteiger partial charge in [-0.25, -0.2) is 13.1 Å². The maximum Gasteiger partial charge on any atom is 0.274 e. The monoisotopic (exact) mass is 449 g/mol. The quantitative estimate of drug-likeness (QED) is 0.474. The number of carbonyl (C=O) groups excluding carboxylic acids is 1. The van der Waals surface area contributed by atoms with Crippen molar-refractivity contribution in [2.75, 3.05) is 26.2 Å². The molecular weight excluding hydrogens is 426 g/mol.